The third-order valence-electron chi connectivity index (χ3n) is 4.27. The maximum Gasteiger partial charge on any atom is 0.324 e. The van der Waals surface area contributed by atoms with Crippen LogP contribution in [0, 0.1) is 5.92 Å². The summed E-state index contributed by atoms with van der Waals surface area (Å²) in [6.45, 7) is 11.3. The molecule has 6 nitrogen and oxygen atoms in total. The smallest absolute Gasteiger partial charge is 0.324 e. The van der Waals surface area contributed by atoms with Crippen molar-refractivity contribution in [1.82, 2.24) is 4.72 Å². The fraction of sp³-hybridized carbons (Fsp3) is 0.435. The largest absolute Gasteiger partial charge is 0.494 e. The molecule has 0 spiro atoms. The van der Waals surface area contributed by atoms with Crippen molar-refractivity contribution in [1.29, 1.82) is 0 Å². The molecule has 2 rings (SSSR count). The van der Waals surface area contributed by atoms with Crippen molar-refractivity contribution in [2.24, 2.45) is 5.92 Å². The summed E-state index contributed by atoms with van der Waals surface area (Å²) in [7, 11) is -3.89. The second-order valence-electron chi connectivity index (χ2n) is 8.36. The van der Waals surface area contributed by atoms with E-state index >= 15 is 0 Å². The highest BCUT2D eigenvalue weighted by Crippen LogP contribution is 2.24. The van der Waals surface area contributed by atoms with E-state index in [1.54, 1.807) is 46.8 Å². The molecule has 0 aliphatic carbocycles. The second-order valence-corrected chi connectivity index (χ2v) is 10.1. The number of sulfonamides is 1. The number of esters is 1. The number of carbonyl (C=O) groups is 1. The summed E-state index contributed by atoms with van der Waals surface area (Å²) in [6.07, 6.45) is 0. The Hall–Kier alpha value is -2.38. The molecule has 0 aromatic heterocycles. The third-order valence-corrected chi connectivity index (χ3v) is 5.73. The summed E-state index contributed by atoms with van der Waals surface area (Å²) in [5, 5.41) is 0. The van der Waals surface area contributed by atoms with Gasteiger partial charge in [0.25, 0.3) is 0 Å². The lowest BCUT2D eigenvalue weighted by Gasteiger charge is -2.26. The van der Waals surface area contributed by atoms with E-state index in [-0.39, 0.29) is 10.8 Å². The minimum atomic E-state index is -3.89. The van der Waals surface area contributed by atoms with Crippen LogP contribution >= 0.6 is 0 Å². The zero-order chi connectivity index (χ0) is 22.5. The van der Waals surface area contributed by atoms with Crippen molar-refractivity contribution >= 4 is 16.0 Å². The van der Waals surface area contributed by atoms with Gasteiger partial charge in [-0.05, 0) is 69.0 Å². The van der Waals surface area contributed by atoms with Crippen LogP contribution in [0.25, 0.3) is 11.1 Å². The van der Waals surface area contributed by atoms with Gasteiger partial charge in [0.15, 0.2) is 0 Å². The molecule has 0 heterocycles. The summed E-state index contributed by atoms with van der Waals surface area (Å²) < 4.78 is 39.0. The lowest BCUT2D eigenvalue weighted by atomic mass is 10.1. The summed E-state index contributed by atoms with van der Waals surface area (Å²) in [4.78, 5) is 12.6. The first kappa shape index (κ1) is 23.9. The number of carbonyl (C=O) groups excluding carboxylic acids is 1. The number of benzene rings is 2. The van der Waals surface area contributed by atoms with Crippen LogP contribution in [0.3, 0.4) is 0 Å². The first-order chi connectivity index (χ1) is 13.9. The van der Waals surface area contributed by atoms with Gasteiger partial charge < -0.3 is 9.47 Å². The lowest BCUT2D eigenvalue weighted by Crippen LogP contribution is -2.47. The second kappa shape index (κ2) is 9.62. The molecule has 0 radical (unpaired) electrons. The standard InChI is InChI=1S/C23H31NO5S/c1-7-28-19-12-8-17(9-13-19)18-10-14-20(15-11-18)30(26,27)24-21(16(2)3)22(25)29-23(4,5)6/h8-16,21,24H,7H2,1-6H3/t21-/m1/s1. The Bertz CT molecular complexity index is 943. The topological polar surface area (TPSA) is 81.7 Å². The van der Waals surface area contributed by atoms with Gasteiger partial charge in [0.1, 0.15) is 17.4 Å². The van der Waals surface area contributed by atoms with Crippen molar-refractivity contribution in [2.45, 2.75) is 58.1 Å². The highest BCUT2D eigenvalue weighted by Gasteiger charge is 2.32. The van der Waals surface area contributed by atoms with Gasteiger partial charge in [0.2, 0.25) is 10.0 Å². The Balaban J connectivity index is 2.19. The molecule has 0 fully saturated rings. The van der Waals surface area contributed by atoms with Crippen LogP contribution in [0.2, 0.25) is 0 Å². The van der Waals surface area contributed by atoms with Crippen molar-refractivity contribution in [3.05, 3.63) is 48.5 Å². The minimum absolute atomic E-state index is 0.0893. The summed E-state index contributed by atoms with van der Waals surface area (Å²) in [5.41, 5.74) is 1.13. The maximum atomic E-state index is 12.8. The fourth-order valence-corrected chi connectivity index (χ4v) is 4.13. The van der Waals surface area contributed by atoms with Crippen molar-refractivity contribution in [3.63, 3.8) is 0 Å². The van der Waals surface area contributed by atoms with Gasteiger partial charge >= 0.3 is 5.97 Å². The van der Waals surface area contributed by atoms with Crippen LogP contribution in [-0.4, -0.2) is 32.6 Å². The molecule has 0 bridgehead atoms. The fourth-order valence-electron chi connectivity index (χ4n) is 2.79. The summed E-state index contributed by atoms with van der Waals surface area (Å²) >= 11 is 0. The van der Waals surface area contributed by atoms with Gasteiger partial charge in [-0.15, -0.1) is 0 Å². The van der Waals surface area contributed by atoms with E-state index in [2.05, 4.69) is 4.72 Å². The van der Waals surface area contributed by atoms with Gasteiger partial charge in [0, 0.05) is 0 Å². The minimum Gasteiger partial charge on any atom is -0.494 e. The highest BCUT2D eigenvalue weighted by molar-refractivity contribution is 7.89. The average Bonchev–Trinajstić information content (AvgIpc) is 2.65. The Morgan fingerprint density at radius 2 is 1.47 bits per heavy atom. The summed E-state index contributed by atoms with van der Waals surface area (Å²) in [5.74, 6) is -0.0728. The predicted molar refractivity (Wildman–Crippen MR) is 118 cm³/mol. The molecule has 0 saturated heterocycles. The van der Waals surface area contributed by atoms with E-state index in [0.29, 0.717) is 6.61 Å². The van der Waals surface area contributed by atoms with Crippen molar-refractivity contribution < 1.29 is 22.7 Å². The molecule has 0 saturated carbocycles. The van der Waals surface area contributed by atoms with Crippen molar-refractivity contribution in [3.8, 4) is 16.9 Å². The Morgan fingerprint density at radius 1 is 0.967 bits per heavy atom. The molecule has 164 valence electrons. The molecular formula is C23H31NO5S. The SMILES string of the molecule is CCOc1ccc(-c2ccc(S(=O)(=O)N[C@@H](C(=O)OC(C)(C)C)C(C)C)cc2)cc1. The molecule has 0 aliphatic rings. The van der Waals surface area contributed by atoms with Crippen LogP contribution < -0.4 is 9.46 Å². The highest BCUT2D eigenvalue weighted by atomic mass is 32.2. The monoisotopic (exact) mass is 433 g/mol. The zero-order valence-electron chi connectivity index (χ0n) is 18.4. The Labute approximate surface area is 179 Å². The maximum absolute atomic E-state index is 12.8. The molecule has 2 aromatic carbocycles. The quantitative estimate of drug-likeness (QED) is 0.624. The van der Waals surface area contributed by atoms with E-state index in [4.69, 9.17) is 9.47 Å². The van der Waals surface area contributed by atoms with E-state index in [9.17, 15) is 13.2 Å². The van der Waals surface area contributed by atoms with Crippen LogP contribution in [0.5, 0.6) is 5.75 Å². The van der Waals surface area contributed by atoms with Gasteiger partial charge in [-0.1, -0.05) is 38.1 Å². The van der Waals surface area contributed by atoms with Crippen LogP contribution in [0.1, 0.15) is 41.5 Å². The molecule has 1 N–H and O–H groups in total. The van der Waals surface area contributed by atoms with Crippen molar-refractivity contribution in [2.75, 3.05) is 6.61 Å². The molecule has 0 amide bonds. The first-order valence-corrected chi connectivity index (χ1v) is 11.5. The molecule has 1 atom stereocenters. The lowest BCUT2D eigenvalue weighted by molar-refractivity contribution is -0.158. The van der Waals surface area contributed by atoms with E-state index < -0.39 is 27.6 Å². The average molecular weight is 434 g/mol. The van der Waals surface area contributed by atoms with Crippen LogP contribution in [0.15, 0.2) is 53.4 Å². The molecule has 30 heavy (non-hydrogen) atoms. The van der Waals surface area contributed by atoms with Crippen LogP contribution in [-0.2, 0) is 19.6 Å². The van der Waals surface area contributed by atoms with Gasteiger partial charge in [-0.3, -0.25) is 4.79 Å². The third kappa shape index (κ3) is 6.57. The number of nitrogens with one attached hydrogen (secondary N) is 1. The normalized spacial score (nSPS) is 13.2. The van der Waals surface area contributed by atoms with Gasteiger partial charge in [0.05, 0.1) is 11.5 Å². The van der Waals surface area contributed by atoms with Gasteiger partial charge in [-0.25, -0.2) is 8.42 Å². The molecule has 7 heteroatoms. The number of rotatable bonds is 8. The van der Waals surface area contributed by atoms with Crippen LogP contribution in [0.4, 0.5) is 0 Å². The Kier molecular flexibility index (Phi) is 7.66. The van der Waals surface area contributed by atoms with E-state index in [1.165, 1.54) is 12.1 Å². The molecule has 2 aromatic rings. The number of hydrogen-bond acceptors (Lipinski definition) is 5. The number of hydrogen-bond donors (Lipinski definition) is 1. The number of ether oxygens (including phenoxy) is 2. The predicted octanol–water partition coefficient (Wildman–Crippen LogP) is 4.40. The van der Waals surface area contributed by atoms with E-state index in [0.717, 1.165) is 16.9 Å². The Morgan fingerprint density at radius 3 is 1.90 bits per heavy atom. The van der Waals surface area contributed by atoms with Gasteiger partial charge in [-0.2, -0.15) is 4.72 Å². The first-order valence-electron chi connectivity index (χ1n) is 10.0. The summed E-state index contributed by atoms with van der Waals surface area (Å²) in [6, 6.07) is 13.2. The molecule has 0 aliphatic heterocycles. The van der Waals surface area contributed by atoms with E-state index in [1.807, 2.05) is 31.2 Å². The molecule has 0 unspecified atom stereocenters. The zero-order valence-corrected chi connectivity index (χ0v) is 19.2. The molecular weight excluding hydrogens is 402 g/mol.